The van der Waals surface area contributed by atoms with E-state index in [1.54, 1.807) is 0 Å². The van der Waals surface area contributed by atoms with Crippen LogP contribution in [0.2, 0.25) is 0 Å². The normalized spacial score (nSPS) is 10.5. The Labute approximate surface area is 149 Å². The van der Waals surface area contributed by atoms with Crippen LogP contribution in [0.1, 0.15) is 35.7 Å². The largest absolute Gasteiger partial charge is 0.457 e. The predicted molar refractivity (Wildman–Crippen MR) is 96.1 cm³/mol. The maximum atomic E-state index is 12.2. The van der Waals surface area contributed by atoms with E-state index in [4.69, 9.17) is 10.5 Å². The van der Waals surface area contributed by atoms with Crippen LogP contribution in [0.25, 0.3) is 0 Å². The Morgan fingerprint density at radius 1 is 1.19 bits per heavy atom. The van der Waals surface area contributed by atoms with E-state index in [-0.39, 0.29) is 24.3 Å². The van der Waals surface area contributed by atoms with E-state index in [2.05, 4.69) is 4.98 Å². The van der Waals surface area contributed by atoms with Gasteiger partial charge in [0.2, 0.25) is 5.78 Å². The molecule has 8 heteroatoms. The van der Waals surface area contributed by atoms with Gasteiger partial charge in [-0.15, -0.1) is 0 Å². The number of rotatable bonds is 8. The van der Waals surface area contributed by atoms with Gasteiger partial charge in [0.1, 0.15) is 11.4 Å². The Balaban J connectivity index is 2.01. The van der Waals surface area contributed by atoms with Crippen molar-refractivity contribution < 1.29 is 14.3 Å². The topological polar surface area (TPSA) is 124 Å². The molecule has 8 nitrogen and oxygen atoms in total. The van der Waals surface area contributed by atoms with Gasteiger partial charge in [-0.05, 0) is 18.4 Å². The maximum absolute atomic E-state index is 12.2. The minimum Gasteiger partial charge on any atom is -0.457 e. The number of aromatic nitrogens is 2. The molecule has 26 heavy (non-hydrogen) atoms. The second-order valence-corrected chi connectivity index (χ2v) is 5.74. The molecule has 0 bridgehead atoms. The Hall–Kier alpha value is -3.16. The molecule has 0 aliphatic carbocycles. The van der Waals surface area contributed by atoms with Crippen LogP contribution in [0.3, 0.4) is 0 Å². The molecule has 0 radical (unpaired) electrons. The second-order valence-electron chi connectivity index (χ2n) is 5.74. The summed E-state index contributed by atoms with van der Waals surface area (Å²) >= 11 is 0. The molecule has 1 heterocycles. The van der Waals surface area contributed by atoms with Crippen LogP contribution in [-0.2, 0) is 22.5 Å². The zero-order chi connectivity index (χ0) is 19.1. The summed E-state index contributed by atoms with van der Waals surface area (Å²) in [6, 6.07) is 9.38. The summed E-state index contributed by atoms with van der Waals surface area (Å²) in [5.74, 6) is -1.52. The lowest BCUT2D eigenvalue weighted by Gasteiger charge is -2.11. The fourth-order valence-corrected chi connectivity index (χ4v) is 2.48. The van der Waals surface area contributed by atoms with Gasteiger partial charge in [-0.3, -0.25) is 23.9 Å². The number of esters is 1. The molecule has 0 aliphatic heterocycles. The summed E-state index contributed by atoms with van der Waals surface area (Å²) < 4.78 is 6.05. The van der Waals surface area contributed by atoms with Crippen molar-refractivity contribution in [3.05, 3.63) is 62.3 Å². The highest BCUT2D eigenvalue weighted by Gasteiger charge is 2.20. The van der Waals surface area contributed by atoms with Crippen molar-refractivity contribution in [1.29, 1.82) is 0 Å². The summed E-state index contributed by atoms with van der Waals surface area (Å²) in [5.41, 5.74) is 4.84. The molecule has 3 N–H and O–H groups in total. The monoisotopic (exact) mass is 359 g/mol. The molecule has 0 saturated heterocycles. The summed E-state index contributed by atoms with van der Waals surface area (Å²) in [6.45, 7) is 1.48. The molecule has 1 aromatic carbocycles. The molecule has 2 aromatic rings. The Morgan fingerprint density at radius 3 is 2.54 bits per heavy atom. The minimum atomic E-state index is -0.884. The third kappa shape index (κ3) is 4.69. The van der Waals surface area contributed by atoms with Gasteiger partial charge in [-0.25, -0.2) is 4.79 Å². The van der Waals surface area contributed by atoms with E-state index in [1.165, 1.54) is 0 Å². The average Bonchev–Trinajstić information content (AvgIpc) is 2.62. The van der Waals surface area contributed by atoms with Crippen molar-refractivity contribution in [1.82, 2.24) is 9.55 Å². The van der Waals surface area contributed by atoms with Crippen LogP contribution in [0.15, 0.2) is 39.9 Å². The number of ketones is 1. The number of aromatic amines is 1. The zero-order valence-corrected chi connectivity index (χ0v) is 14.5. The van der Waals surface area contributed by atoms with Crippen molar-refractivity contribution in [2.75, 3.05) is 12.3 Å². The number of carbonyl (C=O) groups excluding carboxylic acids is 2. The number of ether oxygens (including phenoxy) is 1. The number of anilines is 1. The highest BCUT2D eigenvalue weighted by atomic mass is 16.5. The zero-order valence-electron chi connectivity index (χ0n) is 14.5. The van der Waals surface area contributed by atoms with Crippen molar-refractivity contribution in [3.8, 4) is 0 Å². The van der Waals surface area contributed by atoms with Crippen LogP contribution in [0.4, 0.5) is 5.82 Å². The van der Waals surface area contributed by atoms with E-state index in [0.29, 0.717) is 12.8 Å². The first-order valence-electron chi connectivity index (χ1n) is 8.29. The fraction of sp³-hybridized carbons (Fsp3) is 0.333. The molecule has 0 unspecified atom stereocenters. The number of nitrogen functional groups attached to an aromatic ring is 1. The summed E-state index contributed by atoms with van der Waals surface area (Å²) in [6.07, 6.45) is 1.19. The minimum absolute atomic E-state index is 0.110. The van der Waals surface area contributed by atoms with Gasteiger partial charge in [0, 0.05) is 13.0 Å². The number of benzene rings is 1. The Kier molecular flexibility index (Phi) is 6.48. The van der Waals surface area contributed by atoms with E-state index < -0.39 is 29.6 Å². The van der Waals surface area contributed by atoms with E-state index in [9.17, 15) is 19.2 Å². The molecular weight excluding hydrogens is 338 g/mol. The standard InChI is InChI=1S/C18H21N3O5/c1-2-10-21-16(19)15(17(24)20-18(21)25)13(22)11-26-14(23)9-8-12-6-4-3-5-7-12/h3-7H,2,8-11,19H2,1H3,(H,20,24,25). The number of nitrogens with one attached hydrogen (secondary N) is 1. The highest BCUT2D eigenvalue weighted by Crippen LogP contribution is 2.07. The van der Waals surface area contributed by atoms with Crippen LogP contribution in [-0.4, -0.2) is 27.9 Å². The van der Waals surface area contributed by atoms with Crippen molar-refractivity contribution in [3.63, 3.8) is 0 Å². The molecule has 0 amide bonds. The van der Waals surface area contributed by atoms with Crippen molar-refractivity contribution >= 4 is 17.6 Å². The fourth-order valence-electron chi connectivity index (χ4n) is 2.48. The van der Waals surface area contributed by atoms with E-state index >= 15 is 0 Å². The van der Waals surface area contributed by atoms with Crippen molar-refractivity contribution in [2.45, 2.75) is 32.7 Å². The first kappa shape index (κ1) is 19.2. The van der Waals surface area contributed by atoms with E-state index in [0.717, 1.165) is 10.1 Å². The SMILES string of the molecule is CCCn1c(N)c(C(=O)COC(=O)CCc2ccccc2)c(=O)[nH]c1=O. The molecule has 0 fully saturated rings. The van der Waals surface area contributed by atoms with Gasteiger partial charge in [0.05, 0.1) is 0 Å². The number of hydrogen-bond acceptors (Lipinski definition) is 6. The summed E-state index contributed by atoms with van der Waals surface area (Å²) in [7, 11) is 0. The third-order valence-electron chi connectivity index (χ3n) is 3.79. The lowest BCUT2D eigenvalue weighted by atomic mass is 10.1. The number of carbonyl (C=O) groups is 2. The van der Waals surface area contributed by atoms with Crippen LogP contribution < -0.4 is 17.0 Å². The van der Waals surface area contributed by atoms with Gasteiger partial charge < -0.3 is 10.5 Å². The molecule has 1 aromatic heterocycles. The molecule has 138 valence electrons. The predicted octanol–water partition coefficient (Wildman–Crippen LogP) is 0.887. The first-order chi connectivity index (χ1) is 12.4. The van der Waals surface area contributed by atoms with Crippen molar-refractivity contribution in [2.24, 2.45) is 0 Å². The van der Waals surface area contributed by atoms with E-state index in [1.807, 2.05) is 37.3 Å². The smallest absolute Gasteiger partial charge is 0.329 e. The maximum Gasteiger partial charge on any atom is 0.329 e. The van der Waals surface area contributed by atoms with Crippen LogP contribution >= 0.6 is 0 Å². The molecular formula is C18H21N3O5. The van der Waals surface area contributed by atoms with Crippen LogP contribution in [0.5, 0.6) is 0 Å². The average molecular weight is 359 g/mol. The summed E-state index contributed by atoms with van der Waals surface area (Å²) in [4.78, 5) is 49.7. The number of nitrogens with zero attached hydrogens (tertiary/aromatic N) is 1. The van der Waals surface area contributed by atoms with Gasteiger partial charge in [-0.2, -0.15) is 0 Å². The molecule has 0 aliphatic rings. The molecule has 0 saturated carbocycles. The Morgan fingerprint density at radius 2 is 1.88 bits per heavy atom. The first-order valence-corrected chi connectivity index (χ1v) is 8.29. The highest BCUT2D eigenvalue weighted by molar-refractivity contribution is 6.01. The van der Waals surface area contributed by atoms with Gasteiger partial charge in [-0.1, -0.05) is 37.3 Å². The molecule has 0 spiro atoms. The van der Waals surface area contributed by atoms with Gasteiger partial charge in [0.25, 0.3) is 5.56 Å². The van der Waals surface area contributed by atoms with Gasteiger partial charge >= 0.3 is 11.7 Å². The van der Waals surface area contributed by atoms with Crippen LogP contribution in [0, 0.1) is 0 Å². The third-order valence-corrected chi connectivity index (χ3v) is 3.79. The van der Waals surface area contributed by atoms with Gasteiger partial charge in [0.15, 0.2) is 6.61 Å². The number of Topliss-reactive ketones (excluding diaryl/α,β-unsaturated/α-hetero) is 1. The lowest BCUT2D eigenvalue weighted by Crippen LogP contribution is -2.37. The summed E-state index contributed by atoms with van der Waals surface area (Å²) in [5, 5.41) is 0. The quantitative estimate of drug-likeness (QED) is 0.533. The Bertz CT molecular complexity index is 899. The number of aryl methyl sites for hydroxylation is 1. The number of H-pyrrole nitrogens is 1. The molecule has 2 rings (SSSR count). The lowest BCUT2D eigenvalue weighted by molar-refractivity contribution is -0.142. The second kappa shape index (κ2) is 8.80. The number of nitrogens with two attached hydrogens (primary N) is 1. The number of hydrogen-bond donors (Lipinski definition) is 2. The molecule has 0 atom stereocenters.